The first-order valence-corrected chi connectivity index (χ1v) is 4.48. The Balaban J connectivity index is 3.24. The summed E-state index contributed by atoms with van der Waals surface area (Å²) in [6, 6.07) is 4.08. The number of hydrogen-bond acceptors (Lipinski definition) is 1. The van der Waals surface area contributed by atoms with E-state index >= 15 is 0 Å². The molecule has 0 unspecified atom stereocenters. The molecular formula is C10H13ClO. The predicted molar refractivity (Wildman–Crippen MR) is 51.4 cm³/mol. The summed E-state index contributed by atoms with van der Waals surface area (Å²) in [5.41, 5.74) is 4.32. The van der Waals surface area contributed by atoms with Gasteiger partial charge in [-0.05, 0) is 30.5 Å². The Hall–Kier alpha value is -0.530. The number of alkyl halides is 1. The highest BCUT2D eigenvalue weighted by Gasteiger charge is 2.04. The number of halogens is 1. The molecule has 0 heterocycles. The summed E-state index contributed by atoms with van der Waals surface area (Å²) < 4.78 is 0. The molecule has 1 nitrogen and oxygen atoms in total. The van der Waals surface area contributed by atoms with Gasteiger partial charge in [-0.1, -0.05) is 17.7 Å². The fraction of sp³-hybridized carbons (Fsp3) is 0.400. The van der Waals surface area contributed by atoms with Gasteiger partial charge in [0.2, 0.25) is 0 Å². The molecule has 0 aromatic heterocycles. The standard InChI is InChI=1S/C10H13ClO/c1-7-3-8(2)10(6-12)9(4-7)5-11/h3-4,12H,5-6H2,1-2H3. The van der Waals surface area contributed by atoms with Gasteiger partial charge in [-0.2, -0.15) is 0 Å². The van der Waals surface area contributed by atoms with Crippen molar-refractivity contribution < 1.29 is 5.11 Å². The van der Waals surface area contributed by atoms with Gasteiger partial charge in [0.25, 0.3) is 0 Å². The van der Waals surface area contributed by atoms with Gasteiger partial charge in [0.05, 0.1) is 6.61 Å². The highest BCUT2D eigenvalue weighted by atomic mass is 35.5. The number of rotatable bonds is 2. The molecule has 1 aromatic carbocycles. The lowest BCUT2D eigenvalue weighted by molar-refractivity contribution is 0.280. The first kappa shape index (κ1) is 9.56. The fourth-order valence-corrected chi connectivity index (χ4v) is 1.67. The van der Waals surface area contributed by atoms with Crippen LogP contribution in [-0.4, -0.2) is 5.11 Å². The van der Waals surface area contributed by atoms with Crippen LogP contribution in [0, 0.1) is 13.8 Å². The van der Waals surface area contributed by atoms with Gasteiger partial charge in [0, 0.05) is 5.88 Å². The van der Waals surface area contributed by atoms with Crippen molar-refractivity contribution in [1.29, 1.82) is 0 Å². The minimum atomic E-state index is 0.0775. The quantitative estimate of drug-likeness (QED) is 0.701. The summed E-state index contributed by atoms with van der Waals surface area (Å²) in [5.74, 6) is 0.471. The lowest BCUT2D eigenvalue weighted by Gasteiger charge is -2.09. The predicted octanol–water partition coefficient (Wildman–Crippen LogP) is 2.53. The molecule has 66 valence electrons. The van der Waals surface area contributed by atoms with Crippen molar-refractivity contribution in [3.63, 3.8) is 0 Å². The van der Waals surface area contributed by atoms with E-state index < -0.39 is 0 Å². The maximum Gasteiger partial charge on any atom is 0.0687 e. The van der Waals surface area contributed by atoms with Gasteiger partial charge < -0.3 is 5.11 Å². The Labute approximate surface area is 78.0 Å². The topological polar surface area (TPSA) is 20.2 Å². The smallest absolute Gasteiger partial charge is 0.0687 e. The van der Waals surface area contributed by atoms with E-state index in [1.54, 1.807) is 0 Å². The summed E-state index contributed by atoms with van der Waals surface area (Å²) >= 11 is 5.74. The zero-order valence-corrected chi connectivity index (χ0v) is 8.15. The van der Waals surface area contributed by atoms with E-state index in [4.69, 9.17) is 16.7 Å². The average Bonchev–Trinajstić information content (AvgIpc) is 2.03. The van der Waals surface area contributed by atoms with Gasteiger partial charge in [0.1, 0.15) is 0 Å². The number of aliphatic hydroxyl groups excluding tert-OH is 1. The van der Waals surface area contributed by atoms with Crippen LogP contribution in [0.4, 0.5) is 0 Å². The Morgan fingerprint density at radius 2 is 2.00 bits per heavy atom. The second kappa shape index (κ2) is 3.92. The van der Waals surface area contributed by atoms with E-state index in [9.17, 15) is 0 Å². The van der Waals surface area contributed by atoms with E-state index in [1.165, 1.54) is 5.56 Å². The van der Waals surface area contributed by atoms with Crippen LogP contribution >= 0.6 is 11.6 Å². The molecule has 1 N–H and O–H groups in total. The van der Waals surface area contributed by atoms with Crippen LogP contribution in [0.25, 0.3) is 0 Å². The van der Waals surface area contributed by atoms with Gasteiger partial charge in [-0.3, -0.25) is 0 Å². The lowest BCUT2D eigenvalue weighted by Crippen LogP contribution is -1.96. The average molecular weight is 185 g/mol. The lowest BCUT2D eigenvalue weighted by atomic mass is 10.0. The molecule has 0 bridgehead atoms. The van der Waals surface area contributed by atoms with Crippen molar-refractivity contribution in [1.82, 2.24) is 0 Å². The van der Waals surface area contributed by atoms with E-state index in [0.717, 1.165) is 16.7 Å². The van der Waals surface area contributed by atoms with Gasteiger partial charge in [-0.15, -0.1) is 11.6 Å². The second-order valence-corrected chi connectivity index (χ2v) is 3.28. The van der Waals surface area contributed by atoms with Crippen molar-refractivity contribution in [2.75, 3.05) is 0 Å². The third kappa shape index (κ3) is 1.79. The number of aliphatic hydroxyl groups is 1. The minimum absolute atomic E-state index is 0.0775. The molecule has 12 heavy (non-hydrogen) atoms. The molecule has 0 saturated heterocycles. The molecule has 0 fully saturated rings. The minimum Gasteiger partial charge on any atom is -0.392 e. The second-order valence-electron chi connectivity index (χ2n) is 3.01. The SMILES string of the molecule is Cc1cc(C)c(CO)c(CCl)c1. The molecule has 0 radical (unpaired) electrons. The molecule has 1 rings (SSSR count). The third-order valence-electron chi connectivity index (χ3n) is 2.01. The summed E-state index contributed by atoms with van der Waals surface area (Å²) in [4.78, 5) is 0. The summed E-state index contributed by atoms with van der Waals surface area (Å²) in [5, 5.41) is 9.06. The van der Waals surface area contributed by atoms with Gasteiger partial charge in [-0.25, -0.2) is 0 Å². The molecule has 0 saturated carbocycles. The molecule has 0 amide bonds. The van der Waals surface area contributed by atoms with Crippen molar-refractivity contribution in [2.45, 2.75) is 26.3 Å². The number of hydrogen-bond donors (Lipinski definition) is 1. The van der Waals surface area contributed by atoms with Gasteiger partial charge >= 0.3 is 0 Å². The first-order valence-electron chi connectivity index (χ1n) is 3.95. The molecule has 0 spiro atoms. The van der Waals surface area contributed by atoms with Crippen molar-refractivity contribution >= 4 is 11.6 Å². The molecule has 0 aliphatic carbocycles. The molecule has 0 aliphatic heterocycles. The molecule has 1 aromatic rings. The van der Waals surface area contributed by atoms with Crippen LogP contribution in [0.3, 0.4) is 0 Å². The van der Waals surface area contributed by atoms with Crippen LogP contribution in [-0.2, 0) is 12.5 Å². The van der Waals surface area contributed by atoms with Crippen LogP contribution in [0.2, 0.25) is 0 Å². The molecule has 0 aliphatic rings. The normalized spacial score (nSPS) is 10.3. The monoisotopic (exact) mass is 184 g/mol. The van der Waals surface area contributed by atoms with Crippen molar-refractivity contribution in [3.05, 3.63) is 34.4 Å². The maximum absolute atomic E-state index is 9.06. The summed E-state index contributed by atoms with van der Waals surface area (Å²) in [7, 11) is 0. The van der Waals surface area contributed by atoms with Crippen molar-refractivity contribution in [2.24, 2.45) is 0 Å². The van der Waals surface area contributed by atoms with Crippen LogP contribution in [0.5, 0.6) is 0 Å². The third-order valence-corrected chi connectivity index (χ3v) is 2.30. The maximum atomic E-state index is 9.06. The van der Waals surface area contributed by atoms with E-state index in [2.05, 4.69) is 6.07 Å². The zero-order valence-electron chi connectivity index (χ0n) is 7.39. The summed E-state index contributed by atoms with van der Waals surface area (Å²) in [6.07, 6.45) is 0. The fourth-order valence-electron chi connectivity index (χ4n) is 1.43. The zero-order chi connectivity index (χ0) is 9.14. The van der Waals surface area contributed by atoms with Crippen LogP contribution < -0.4 is 0 Å². The Morgan fingerprint density at radius 3 is 2.50 bits per heavy atom. The Kier molecular flexibility index (Phi) is 3.12. The van der Waals surface area contributed by atoms with E-state index in [1.807, 2.05) is 19.9 Å². The van der Waals surface area contributed by atoms with Crippen LogP contribution in [0.1, 0.15) is 22.3 Å². The van der Waals surface area contributed by atoms with E-state index in [-0.39, 0.29) is 6.61 Å². The van der Waals surface area contributed by atoms with E-state index in [0.29, 0.717) is 5.88 Å². The molecular weight excluding hydrogens is 172 g/mol. The van der Waals surface area contributed by atoms with Crippen LogP contribution in [0.15, 0.2) is 12.1 Å². The first-order chi connectivity index (χ1) is 5.69. The molecule has 2 heteroatoms. The number of benzene rings is 1. The highest BCUT2D eigenvalue weighted by molar-refractivity contribution is 6.17. The Bertz CT molecular complexity index is 281. The van der Waals surface area contributed by atoms with Crippen molar-refractivity contribution in [3.8, 4) is 0 Å². The Morgan fingerprint density at radius 1 is 1.33 bits per heavy atom. The summed E-state index contributed by atoms with van der Waals surface area (Å²) in [6.45, 7) is 4.10. The van der Waals surface area contributed by atoms with Gasteiger partial charge in [0.15, 0.2) is 0 Å². The number of aryl methyl sites for hydroxylation is 2. The molecule has 0 atom stereocenters. The highest BCUT2D eigenvalue weighted by Crippen LogP contribution is 2.18. The largest absolute Gasteiger partial charge is 0.392 e.